The number of ether oxygens (including phenoxy) is 1. The molecular formula is C29H41N7O2. The summed E-state index contributed by atoms with van der Waals surface area (Å²) in [5, 5.41) is 0. The molecule has 38 heavy (non-hydrogen) atoms. The van der Waals surface area contributed by atoms with E-state index in [2.05, 4.69) is 50.7 Å². The van der Waals surface area contributed by atoms with Crippen LogP contribution in [-0.2, 0) is 31.4 Å². The Bertz CT molecular complexity index is 1160. The van der Waals surface area contributed by atoms with Gasteiger partial charge in [0.1, 0.15) is 11.6 Å². The van der Waals surface area contributed by atoms with E-state index in [0.717, 1.165) is 61.8 Å². The van der Waals surface area contributed by atoms with Crippen LogP contribution in [0, 0.1) is 5.92 Å². The number of H-pyrrole nitrogens is 1. The number of aromatic nitrogens is 4. The Morgan fingerprint density at radius 1 is 1.08 bits per heavy atom. The van der Waals surface area contributed by atoms with Crippen LogP contribution in [0.4, 0.5) is 0 Å². The number of nitrogens with one attached hydrogen (secondary N) is 1. The zero-order valence-electron chi connectivity index (χ0n) is 23.0. The molecule has 204 valence electrons. The third-order valence-corrected chi connectivity index (χ3v) is 7.75. The van der Waals surface area contributed by atoms with Gasteiger partial charge in [-0.15, -0.1) is 0 Å². The van der Waals surface area contributed by atoms with Crippen molar-refractivity contribution < 1.29 is 9.53 Å². The van der Waals surface area contributed by atoms with Crippen molar-refractivity contribution in [1.82, 2.24) is 34.2 Å². The highest BCUT2D eigenvalue weighted by Gasteiger charge is 2.41. The van der Waals surface area contributed by atoms with Crippen molar-refractivity contribution >= 4 is 5.91 Å². The number of nitrogens with zero attached hydrogens (tertiary/aromatic N) is 6. The van der Waals surface area contributed by atoms with Crippen molar-refractivity contribution in [2.24, 2.45) is 13.0 Å². The van der Waals surface area contributed by atoms with E-state index in [9.17, 15) is 4.79 Å². The van der Waals surface area contributed by atoms with Gasteiger partial charge in [-0.05, 0) is 36.5 Å². The van der Waals surface area contributed by atoms with E-state index >= 15 is 0 Å². The lowest BCUT2D eigenvalue weighted by Crippen LogP contribution is -2.58. The van der Waals surface area contributed by atoms with Crippen molar-refractivity contribution in [3.63, 3.8) is 0 Å². The molecule has 2 aliphatic heterocycles. The molecule has 1 N–H and O–H groups in total. The summed E-state index contributed by atoms with van der Waals surface area (Å²) in [4.78, 5) is 32.4. The highest BCUT2D eigenvalue weighted by atomic mass is 16.5. The third kappa shape index (κ3) is 6.51. The fraction of sp³-hybridized carbons (Fsp3) is 0.552. The van der Waals surface area contributed by atoms with Crippen LogP contribution in [0.15, 0.2) is 49.1 Å². The molecule has 2 aliphatic rings. The molecule has 0 bridgehead atoms. The van der Waals surface area contributed by atoms with Gasteiger partial charge in [0.2, 0.25) is 0 Å². The van der Waals surface area contributed by atoms with Crippen LogP contribution in [0.25, 0.3) is 0 Å². The minimum atomic E-state index is -0.196. The number of aryl methyl sites for hydroxylation is 1. The number of imidazole rings is 2. The van der Waals surface area contributed by atoms with Crippen LogP contribution in [0.1, 0.15) is 54.3 Å². The monoisotopic (exact) mass is 519 g/mol. The molecule has 0 aliphatic carbocycles. The van der Waals surface area contributed by atoms with E-state index < -0.39 is 0 Å². The molecule has 2 saturated heterocycles. The fourth-order valence-electron chi connectivity index (χ4n) is 5.69. The predicted octanol–water partition coefficient (Wildman–Crippen LogP) is 3.31. The number of carbonyl (C=O) groups excluding carboxylic acids is 1. The van der Waals surface area contributed by atoms with Crippen molar-refractivity contribution in [2.75, 3.05) is 39.3 Å². The number of rotatable bonds is 9. The average Bonchev–Trinajstić information content (AvgIpc) is 3.57. The van der Waals surface area contributed by atoms with E-state index in [1.807, 2.05) is 47.2 Å². The van der Waals surface area contributed by atoms with Crippen molar-refractivity contribution in [3.05, 3.63) is 71.8 Å². The van der Waals surface area contributed by atoms with Gasteiger partial charge in [-0.25, -0.2) is 9.97 Å². The third-order valence-electron chi connectivity index (χ3n) is 7.75. The summed E-state index contributed by atoms with van der Waals surface area (Å²) in [6.45, 7) is 11.8. The highest BCUT2D eigenvalue weighted by Crippen LogP contribution is 2.31. The fourth-order valence-corrected chi connectivity index (χ4v) is 5.69. The maximum absolute atomic E-state index is 13.5. The lowest BCUT2D eigenvalue weighted by Gasteiger charge is -2.47. The number of aromatic amines is 1. The van der Waals surface area contributed by atoms with Gasteiger partial charge in [0.15, 0.2) is 0 Å². The summed E-state index contributed by atoms with van der Waals surface area (Å²) in [5.41, 5.74) is 1.70. The molecule has 1 aromatic carbocycles. The van der Waals surface area contributed by atoms with Gasteiger partial charge < -0.3 is 24.1 Å². The van der Waals surface area contributed by atoms with E-state index in [4.69, 9.17) is 4.74 Å². The SMILES string of the molecule is CC(C)CN1CCC2(CC1)CN(C(=O)c1ccc(CN(Cc3ncc[nH]3)Cc3nccn3C)cc1)CCO2. The Kier molecular flexibility index (Phi) is 8.26. The number of hydrogen-bond donors (Lipinski definition) is 1. The quantitative estimate of drug-likeness (QED) is 0.467. The number of hydrogen-bond acceptors (Lipinski definition) is 6. The van der Waals surface area contributed by atoms with Crippen LogP contribution in [-0.4, -0.2) is 85.1 Å². The van der Waals surface area contributed by atoms with Crippen LogP contribution >= 0.6 is 0 Å². The van der Waals surface area contributed by atoms with Gasteiger partial charge in [-0.2, -0.15) is 0 Å². The first kappa shape index (κ1) is 26.6. The summed E-state index contributed by atoms with van der Waals surface area (Å²) >= 11 is 0. The van der Waals surface area contributed by atoms with E-state index in [-0.39, 0.29) is 11.5 Å². The van der Waals surface area contributed by atoms with Gasteiger partial charge in [0.05, 0.1) is 31.8 Å². The molecule has 2 aromatic heterocycles. The van der Waals surface area contributed by atoms with E-state index in [1.165, 1.54) is 0 Å². The minimum Gasteiger partial charge on any atom is -0.371 e. The second-order valence-electron chi connectivity index (χ2n) is 11.3. The zero-order valence-corrected chi connectivity index (χ0v) is 23.0. The van der Waals surface area contributed by atoms with Crippen LogP contribution in [0.3, 0.4) is 0 Å². The lowest BCUT2D eigenvalue weighted by atomic mass is 9.88. The van der Waals surface area contributed by atoms with Crippen LogP contribution < -0.4 is 0 Å². The molecular weight excluding hydrogens is 478 g/mol. The van der Waals surface area contributed by atoms with E-state index in [1.54, 1.807) is 6.20 Å². The van der Waals surface area contributed by atoms with Crippen molar-refractivity contribution in [3.8, 4) is 0 Å². The first-order valence-corrected chi connectivity index (χ1v) is 13.8. The maximum atomic E-state index is 13.5. The van der Waals surface area contributed by atoms with Crippen molar-refractivity contribution in [1.29, 1.82) is 0 Å². The van der Waals surface area contributed by atoms with Crippen molar-refractivity contribution in [2.45, 2.75) is 51.9 Å². The van der Waals surface area contributed by atoms with Crippen LogP contribution in [0.2, 0.25) is 0 Å². The van der Waals surface area contributed by atoms with Gasteiger partial charge in [0, 0.05) is 70.1 Å². The minimum absolute atomic E-state index is 0.101. The number of amides is 1. The Morgan fingerprint density at radius 2 is 1.87 bits per heavy atom. The van der Waals surface area contributed by atoms with Crippen LogP contribution in [0.5, 0.6) is 0 Å². The second kappa shape index (κ2) is 11.8. The van der Waals surface area contributed by atoms with Gasteiger partial charge >= 0.3 is 0 Å². The molecule has 5 rings (SSSR count). The molecule has 0 unspecified atom stereocenters. The molecule has 1 amide bonds. The van der Waals surface area contributed by atoms with Gasteiger partial charge in [-0.3, -0.25) is 9.69 Å². The Labute approximate surface area is 225 Å². The largest absolute Gasteiger partial charge is 0.371 e. The Hall–Kier alpha value is -3.01. The number of morpholine rings is 1. The number of benzene rings is 1. The molecule has 2 fully saturated rings. The molecule has 0 radical (unpaired) electrons. The first-order chi connectivity index (χ1) is 18.4. The lowest BCUT2D eigenvalue weighted by molar-refractivity contribution is -0.127. The summed E-state index contributed by atoms with van der Waals surface area (Å²) in [6.07, 6.45) is 9.39. The van der Waals surface area contributed by atoms with Gasteiger partial charge in [-0.1, -0.05) is 26.0 Å². The Balaban J connectivity index is 1.21. The first-order valence-electron chi connectivity index (χ1n) is 13.8. The molecule has 0 saturated carbocycles. The summed E-state index contributed by atoms with van der Waals surface area (Å²) in [5.74, 6) is 2.69. The highest BCUT2D eigenvalue weighted by molar-refractivity contribution is 5.94. The van der Waals surface area contributed by atoms with Gasteiger partial charge in [0.25, 0.3) is 5.91 Å². The van der Waals surface area contributed by atoms with E-state index in [0.29, 0.717) is 38.7 Å². The normalized spacial score (nSPS) is 18.1. The summed E-state index contributed by atoms with van der Waals surface area (Å²) in [7, 11) is 2.01. The Morgan fingerprint density at radius 3 is 2.53 bits per heavy atom. The smallest absolute Gasteiger partial charge is 0.254 e. The summed E-state index contributed by atoms with van der Waals surface area (Å²) < 4.78 is 8.33. The molecule has 3 aromatic rings. The molecule has 0 atom stereocenters. The second-order valence-corrected chi connectivity index (χ2v) is 11.3. The number of piperidine rings is 1. The standard InChI is InChI=1S/C29H41N7O2/c1-23(2)18-34-13-8-29(9-14-34)22-36(16-17-38-29)28(37)25-6-4-24(5-7-25)19-35(20-26-30-10-11-31-26)21-27-32-12-15-33(27)3/h4-7,10-12,15,23H,8-9,13-14,16-22H2,1-3H3,(H,30,31). The predicted molar refractivity (Wildman–Crippen MR) is 146 cm³/mol. The topological polar surface area (TPSA) is 82.5 Å². The number of likely N-dealkylation sites (tertiary alicyclic amines) is 1. The number of carbonyl (C=O) groups is 1. The zero-order chi connectivity index (χ0) is 26.5. The molecule has 9 nitrogen and oxygen atoms in total. The molecule has 1 spiro atoms. The average molecular weight is 520 g/mol. The molecule has 9 heteroatoms. The maximum Gasteiger partial charge on any atom is 0.254 e. The molecule has 4 heterocycles. The summed E-state index contributed by atoms with van der Waals surface area (Å²) in [6, 6.07) is 8.08.